The van der Waals surface area contributed by atoms with Gasteiger partial charge in [0, 0.05) is 38.1 Å². The van der Waals surface area contributed by atoms with Crippen LogP contribution < -0.4 is 21.9 Å². The van der Waals surface area contributed by atoms with E-state index in [1.807, 2.05) is 48.7 Å². The molecule has 0 amide bonds. The molecular formula is C25H30N6O3. The molecule has 1 aliphatic rings. The second-order valence-electron chi connectivity index (χ2n) is 9.31. The number of piperidine rings is 1. The Morgan fingerprint density at radius 3 is 2.76 bits per heavy atom. The van der Waals surface area contributed by atoms with E-state index in [2.05, 4.69) is 11.0 Å². The minimum absolute atomic E-state index is 0.0495. The molecule has 9 heteroatoms. The molecule has 4 heterocycles. The minimum atomic E-state index is -0.424. The number of hydrogen-bond donors (Lipinski definition) is 1. The Labute approximate surface area is 196 Å². The zero-order chi connectivity index (χ0) is 24.0. The molecule has 1 aromatic carbocycles. The number of furan rings is 1. The maximum atomic E-state index is 13.7. The van der Waals surface area contributed by atoms with Gasteiger partial charge in [-0.05, 0) is 38.8 Å². The highest BCUT2D eigenvalue weighted by atomic mass is 16.3. The number of anilines is 1. The molecule has 1 fully saturated rings. The molecule has 0 aliphatic carbocycles. The van der Waals surface area contributed by atoms with Crippen LogP contribution in [-0.4, -0.2) is 37.8 Å². The van der Waals surface area contributed by atoms with Crippen molar-refractivity contribution in [1.82, 2.24) is 18.7 Å². The zero-order valence-electron chi connectivity index (χ0n) is 19.8. The van der Waals surface area contributed by atoms with Gasteiger partial charge in [-0.1, -0.05) is 29.8 Å². The molecule has 0 saturated carbocycles. The second kappa shape index (κ2) is 8.64. The molecule has 9 nitrogen and oxygen atoms in total. The number of fused-ring (bicyclic) bond motifs is 2. The quantitative estimate of drug-likeness (QED) is 0.457. The Bertz CT molecular complexity index is 1480. The zero-order valence-corrected chi connectivity index (χ0v) is 19.8. The second-order valence-corrected chi connectivity index (χ2v) is 9.31. The summed E-state index contributed by atoms with van der Waals surface area (Å²) in [5.41, 5.74) is 8.08. The summed E-state index contributed by atoms with van der Waals surface area (Å²) in [7, 11) is 1.66. The lowest BCUT2D eigenvalue weighted by atomic mass is 10.1. The predicted molar refractivity (Wildman–Crippen MR) is 133 cm³/mol. The molecule has 2 N–H and O–H groups in total. The Morgan fingerprint density at radius 2 is 2.03 bits per heavy atom. The SMILES string of the molecule is CC(C)=CCn1c(N2CCCC(N)C2)nc2c1c(=O)n(Cc1cc3ccccc3o1)c(=O)n2C. The van der Waals surface area contributed by atoms with Gasteiger partial charge in [0.15, 0.2) is 11.2 Å². The van der Waals surface area contributed by atoms with Gasteiger partial charge in [0.1, 0.15) is 11.3 Å². The van der Waals surface area contributed by atoms with Crippen LogP contribution in [0.4, 0.5) is 5.95 Å². The first kappa shape index (κ1) is 22.2. The van der Waals surface area contributed by atoms with Gasteiger partial charge in [0.2, 0.25) is 5.95 Å². The van der Waals surface area contributed by atoms with Crippen LogP contribution in [0.3, 0.4) is 0 Å². The van der Waals surface area contributed by atoms with Crippen LogP contribution >= 0.6 is 0 Å². The maximum absolute atomic E-state index is 13.7. The molecule has 0 radical (unpaired) electrons. The largest absolute Gasteiger partial charge is 0.459 e. The fraction of sp³-hybridized carbons (Fsp3) is 0.400. The molecule has 1 saturated heterocycles. The minimum Gasteiger partial charge on any atom is -0.459 e. The summed E-state index contributed by atoms with van der Waals surface area (Å²) >= 11 is 0. The third-order valence-electron chi connectivity index (χ3n) is 6.43. The Balaban J connectivity index is 1.69. The van der Waals surface area contributed by atoms with Crippen LogP contribution in [-0.2, 0) is 20.1 Å². The lowest BCUT2D eigenvalue weighted by Crippen LogP contribution is -2.44. The number of imidazole rings is 1. The van der Waals surface area contributed by atoms with Gasteiger partial charge >= 0.3 is 5.69 Å². The molecule has 1 atom stereocenters. The van der Waals surface area contributed by atoms with Crippen molar-refractivity contribution in [2.24, 2.45) is 12.8 Å². The highest BCUT2D eigenvalue weighted by molar-refractivity contribution is 5.78. The number of hydrogen-bond acceptors (Lipinski definition) is 6. The highest BCUT2D eigenvalue weighted by Gasteiger charge is 2.26. The van der Waals surface area contributed by atoms with Crippen LogP contribution in [0.1, 0.15) is 32.4 Å². The fourth-order valence-electron chi connectivity index (χ4n) is 4.65. The van der Waals surface area contributed by atoms with Gasteiger partial charge in [0.05, 0.1) is 6.54 Å². The standard InChI is InChI=1S/C25H30N6O3/c1-16(2)10-12-30-21-22(27-24(30)29-11-6-8-18(26)14-29)28(3)25(33)31(23(21)32)15-19-13-17-7-4-5-9-20(17)34-19/h4-5,7,9-10,13,18H,6,8,11-12,14-15,26H2,1-3H3. The van der Waals surface area contributed by atoms with Crippen molar-refractivity contribution in [2.45, 2.75) is 45.8 Å². The molecule has 1 aliphatic heterocycles. The van der Waals surface area contributed by atoms with Crippen molar-refractivity contribution in [1.29, 1.82) is 0 Å². The van der Waals surface area contributed by atoms with Crippen molar-refractivity contribution in [3.05, 3.63) is 68.6 Å². The van der Waals surface area contributed by atoms with Crippen LogP contribution in [0.15, 0.2) is 56.0 Å². The lowest BCUT2D eigenvalue weighted by molar-refractivity contribution is 0.495. The summed E-state index contributed by atoms with van der Waals surface area (Å²) in [5.74, 6) is 1.23. The van der Waals surface area contributed by atoms with E-state index in [-0.39, 0.29) is 18.1 Å². The molecule has 3 aromatic heterocycles. The van der Waals surface area contributed by atoms with Gasteiger partial charge in [0.25, 0.3) is 5.56 Å². The van der Waals surface area contributed by atoms with E-state index >= 15 is 0 Å². The van der Waals surface area contributed by atoms with Crippen molar-refractivity contribution in [2.75, 3.05) is 18.0 Å². The van der Waals surface area contributed by atoms with Gasteiger partial charge in [-0.15, -0.1) is 0 Å². The molecule has 0 bridgehead atoms. The molecule has 4 aromatic rings. The normalized spacial score (nSPS) is 16.5. The van der Waals surface area contributed by atoms with Gasteiger partial charge in [-0.2, -0.15) is 4.98 Å². The molecule has 34 heavy (non-hydrogen) atoms. The van der Waals surface area contributed by atoms with Crippen molar-refractivity contribution >= 4 is 28.1 Å². The number of aromatic nitrogens is 4. The Morgan fingerprint density at radius 1 is 1.24 bits per heavy atom. The fourth-order valence-corrected chi connectivity index (χ4v) is 4.65. The first-order chi connectivity index (χ1) is 16.3. The average molecular weight is 463 g/mol. The van der Waals surface area contributed by atoms with Crippen LogP contribution in [0.5, 0.6) is 0 Å². The topological polar surface area (TPSA) is 104 Å². The summed E-state index contributed by atoms with van der Waals surface area (Å²) in [4.78, 5) is 33.9. The van der Waals surface area contributed by atoms with E-state index in [4.69, 9.17) is 15.1 Å². The number of nitrogens with zero attached hydrogens (tertiary/aromatic N) is 5. The van der Waals surface area contributed by atoms with E-state index in [0.29, 0.717) is 36.0 Å². The van der Waals surface area contributed by atoms with E-state index < -0.39 is 5.69 Å². The molecular weight excluding hydrogens is 432 g/mol. The number of rotatable bonds is 5. The monoisotopic (exact) mass is 462 g/mol. The number of nitrogens with two attached hydrogens (primary N) is 1. The maximum Gasteiger partial charge on any atom is 0.332 e. The molecule has 1 unspecified atom stereocenters. The summed E-state index contributed by atoms with van der Waals surface area (Å²) in [6.45, 7) is 6.05. The van der Waals surface area contributed by atoms with Crippen molar-refractivity contribution in [3.63, 3.8) is 0 Å². The summed E-state index contributed by atoms with van der Waals surface area (Å²) in [5, 5.41) is 0.931. The number of para-hydroxylation sites is 1. The number of benzene rings is 1. The van der Waals surface area contributed by atoms with Gasteiger partial charge in [-0.3, -0.25) is 13.9 Å². The summed E-state index contributed by atoms with van der Waals surface area (Å²) in [6, 6.07) is 9.55. The van der Waals surface area contributed by atoms with Crippen molar-refractivity contribution in [3.8, 4) is 0 Å². The molecule has 178 valence electrons. The first-order valence-corrected chi connectivity index (χ1v) is 11.6. The summed E-state index contributed by atoms with van der Waals surface area (Å²) in [6.07, 6.45) is 3.98. The van der Waals surface area contributed by atoms with E-state index in [0.717, 1.165) is 35.9 Å². The number of aryl methyl sites for hydroxylation is 1. The number of allylic oxidation sites excluding steroid dienone is 2. The highest BCUT2D eigenvalue weighted by Crippen LogP contribution is 2.24. The average Bonchev–Trinajstić information content (AvgIpc) is 3.40. The third-order valence-corrected chi connectivity index (χ3v) is 6.43. The molecule has 0 spiro atoms. The van der Waals surface area contributed by atoms with E-state index in [1.54, 1.807) is 7.05 Å². The van der Waals surface area contributed by atoms with Gasteiger partial charge in [-0.25, -0.2) is 4.79 Å². The summed E-state index contributed by atoms with van der Waals surface area (Å²) < 4.78 is 10.5. The third kappa shape index (κ3) is 3.86. The predicted octanol–water partition coefficient (Wildman–Crippen LogP) is 2.58. The van der Waals surface area contributed by atoms with Crippen LogP contribution in [0.2, 0.25) is 0 Å². The van der Waals surface area contributed by atoms with E-state index in [1.165, 1.54) is 9.13 Å². The van der Waals surface area contributed by atoms with Crippen LogP contribution in [0.25, 0.3) is 22.1 Å². The first-order valence-electron chi connectivity index (χ1n) is 11.6. The van der Waals surface area contributed by atoms with Crippen molar-refractivity contribution < 1.29 is 4.42 Å². The smallest absolute Gasteiger partial charge is 0.332 e. The Kier molecular flexibility index (Phi) is 5.65. The Hall–Kier alpha value is -3.59. The van der Waals surface area contributed by atoms with E-state index in [9.17, 15) is 9.59 Å². The molecule has 5 rings (SSSR count). The lowest BCUT2D eigenvalue weighted by Gasteiger charge is -2.31. The van der Waals surface area contributed by atoms with Crippen LogP contribution in [0, 0.1) is 0 Å². The van der Waals surface area contributed by atoms with Gasteiger partial charge < -0.3 is 19.6 Å².